The van der Waals surface area contributed by atoms with E-state index < -0.39 is 65.0 Å². The number of para-hydroxylation sites is 1. The van der Waals surface area contributed by atoms with Gasteiger partial charge in [0, 0.05) is 18.6 Å². The Bertz CT molecular complexity index is 1910. The first-order valence-electron chi connectivity index (χ1n) is 16.4. The predicted molar refractivity (Wildman–Crippen MR) is 187 cm³/mol. The van der Waals surface area contributed by atoms with E-state index in [4.69, 9.17) is 20.0 Å². The van der Waals surface area contributed by atoms with Crippen LogP contribution in [0, 0.1) is 0 Å². The summed E-state index contributed by atoms with van der Waals surface area (Å²) in [6.45, 7) is 0.174. The summed E-state index contributed by atoms with van der Waals surface area (Å²) in [7, 11) is -2.87. The number of primary amides is 1. The van der Waals surface area contributed by atoms with Crippen LogP contribution in [-0.4, -0.2) is 91.9 Å². The molecule has 3 aromatic carbocycles. The number of aliphatic hydroxyl groups is 1. The number of ether oxygens (including phenoxy) is 2. The predicted octanol–water partition coefficient (Wildman–Crippen LogP) is 2.11. The van der Waals surface area contributed by atoms with Gasteiger partial charge < -0.3 is 30.9 Å². The molecule has 4 aromatic rings. The van der Waals surface area contributed by atoms with E-state index in [-0.39, 0.29) is 17.0 Å². The molecule has 1 aliphatic heterocycles. The molecule has 1 aliphatic rings. The van der Waals surface area contributed by atoms with E-state index in [1.54, 1.807) is 48.5 Å². The minimum absolute atomic E-state index is 0.0153. The molecule has 0 saturated carbocycles. The van der Waals surface area contributed by atoms with Crippen LogP contribution in [-0.2, 0) is 35.6 Å². The van der Waals surface area contributed by atoms with E-state index in [0.717, 1.165) is 9.85 Å². The van der Waals surface area contributed by atoms with Gasteiger partial charge in [-0.1, -0.05) is 59.1 Å². The van der Waals surface area contributed by atoms with Crippen molar-refractivity contribution in [3.63, 3.8) is 0 Å². The summed E-state index contributed by atoms with van der Waals surface area (Å²) in [4.78, 5) is 49.4. The highest BCUT2D eigenvalue weighted by Crippen LogP contribution is 2.24. The number of nitrogens with zero attached hydrogens (tertiary/aromatic N) is 2. The van der Waals surface area contributed by atoms with E-state index in [1.165, 1.54) is 37.4 Å². The Hall–Kier alpha value is -4.93. The quantitative estimate of drug-likeness (QED) is 0.124. The molecular formula is C36H41N5O9S. The molecule has 51 heavy (non-hydrogen) atoms. The lowest BCUT2D eigenvalue weighted by Crippen LogP contribution is -2.56. The normalized spacial score (nSPS) is 15.5. The second-order valence-electron chi connectivity index (χ2n) is 12.0. The average Bonchev–Trinajstić information content (AvgIpc) is 3.14. The number of carbonyl (C=O) groups excluding carboxylic acids is 3. The fraction of sp³-hybridized carbons (Fsp3) is 0.333. The molecule has 14 nitrogen and oxygen atoms in total. The number of carbonyl (C=O) groups is 3. The Kier molecular flexibility index (Phi) is 12.7. The van der Waals surface area contributed by atoms with Crippen LogP contribution in [0.1, 0.15) is 35.3 Å². The summed E-state index contributed by atoms with van der Waals surface area (Å²) in [6, 6.07) is 22.5. The van der Waals surface area contributed by atoms with E-state index >= 15 is 0 Å². The Morgan fingerprint density at radius 3 is 2.33 bits per heavy atom. The van der Waals surface area contributed by atoms with Crippen molar-refractivity contribution in [3.8, 4) is 5.75 Å². The molecule has 3 atom stereocenters. The first-order valence-corrected chi connectivity index (χ1v) is 17.9. The molecule has 0 radical (unpaired) electrons. The Morgan fingerprint density at radius 1 is 0.961 bits per heavy atom. The van der Waals surface area contributed by atoms with Crippen molar-refractivity contribution in [1.82, 2.24) is 20.1 Å². The van der Waals surface area contributed by atoms with Crippen LogP contribution in [0.3, 0.4) is 0 Å². The third-order valence-electron chi connectivity index (χ3n) is 8.35. The zero-order chi connectivity index (χ0) is 36.4. The van der Waals surface area contributed by atoms with Crippen molar-refractivity contribution in [2.45, 2.75) is 54.9 Å². The van der Waals surface area contributed by atoms with Crippen LogP contribution >= 0.6 is 0 Å². The zero-order valence-corrected chi connectivity index (χ0v) is 28.8. The Balaban J connectivity index is 1.40. The lowest BCUT2D eigenvalue weighted by molar-refractivity contribution is -0.170. The number of hydroxylamine groups is 1. The highest BCUT2D eigenvalue weighted by atomic mass is 32.2. The number of aromatic nitrogens is 1. The lowest BCUT2D eigenvalue weighted by atomic mass is 10.00. The summed E-state index contributed by atoms with van der Waals surface area (Å²) in [6.07, 6.45) is -1.69. The highest BCUT2D eigenvalue weighted by Gasteiger charge is 2.35. The van der Waals surface area contributed by atoms with Gasteiger partial charge in [-0.25, -0.2) is 13.4 Å². The smallest absolute Gasteiger partial charge is 0.270 e. The van der Waals surface area contributed by atoms with Crippen LogP contribution in [0.2, 0.25) is 0 Å². The molecule has 5 N–H and O–H groups in total. The Labute approximate surface area is 295 Å². The lowest BCUT2D eigenvalue weighted by Gasteiger charge is -2.33. The van der Waals surface area contributed by atoms with Crippen molar-refractivity contribution < 1.29 is 42.2 Å². The number of fused-ring (bicyclic) bond motifs is 1. The molecule has 0 aliphatic carbocycles. The number of amides is 3. The maximum atomic E-state index is 13.9. The van der Waals surface area contributed by atoms with Gasteiger partial charge in [-0.05, 0) is 61.2 Å². The van der Waals surface area contributed by atoms with Gasteiger partial charge in [0.05, 0.1) is 48.7 Å². The number of pyridine rings is 1. The second-order valence-corrected chi connectivity index (χ2v) is 13.9. The summed E-state index contributed by atoms with van der Waals surface area (Å²) < 4.78 is 39.2. The van der Waals surface area contributed by atoms with Crippen LogP contribution in [0.15, 0.2) is 95.9 Å². The van der Waals surface area contributed by atoms with Gasteiger partial charge in [-0.2, -0.15) is 0 Å². The van der Waals surface area contributed by atoms with E-state index in [2.05, 4.69) is 15.6 Å². The molecule has 0 bridgehead atoms. The molecule has 15 heteroatoms. The van der Waals surface area contributed by atoms with E-state index in [9.17, 15) is 27.9 Å². The van der Waals surface area contributed by atoms with Crippen molar-refractivity contribution in [2.24, 2.45) is 5.73 Å². The molecule has 3 amide bonds. The number of sulfonamides is 1. The van der Waals surface area contributed by atoms with Crippen molar-refractivity contribution in [1.29, 1.82) is 0 Å². The maximum Gasteiger partial charge on any atom is 0.270 e. The first-order chi connectivity index (χ1) is 24.5. The third-order valence-corrected chi connectivity index (χ3v) is 9.98. The molecule has 2 heterocycles. The van der Waals surface area contributed by atoms with Crippen LogP contribution in [0.5, 0.6) is 5.75 Å². The van der Waals surface area contributed by atoms with Crippen molar-refractivity contribution >= 4 is 38.6 Å². The standard InChI is InChI=1S/C36H41N5O9S/c1-48-26-12-14-28(15-13-26)51(46,47)41(50-27-17-19-49-20-18-27)23-33(42)31(21-24-7-3-2-4-8-24)39-36(45)32(22-34(37)43)40-35(44)30-16-11-25-9-5-6-10-29(25)38-30/h2-16,27,31-33,42H,17-23H2,1H3,(H2,37,43)(H,39,45)(H,40,44)/t31-,32-,33+/m0/s1. The van der Waals surface area contributed by atoms with E-state index in [0.29, 0.717) is 42.9 Å². The Morgan fingerprint density at radius 2 is 1.65 bits per heavy atom. The van der Waals surface area contributed by atoms with Crippen molar-refractivity contribution in [2.75, 3.05) is 26.9 Å². The summed E-state index contributed by atoms with van der Waals surface area (Å²) in [5, 5.41) is 17.8. The van der Waals surface area contributed by atoms with Crippen LogP contribution < -0.4 is 21.1 Å². The fourth-order valence-electron chi connectivity index (χ4n) is 5.56. The number of hydrogen-bond acceptors (Lipinski definition) is 10. The molecule has 0 unspecified atom stereocenters. The van der Waals surface area contributed by atoms with Gasteiger partial charge >= 0.3 is 0 Å². The van der Waals surface area contributed by atoms with Crippen LogP contribution in [0.4, 0.5) is 0 Å². The monoisotopic (exact) mass is 719 g/mol. The maximum absolute atomic E-state index is 13.9. The van der Waals surface area contributed by atoms with Crippen molar-refractivity contribution in [3.05, 3.63) is 102 Å². The largest absolute Gasteiger partial charge is 0.497 e. The van der Waals surface area contributed by atoms with E-state index in [1.807, 2.05) is 12.1 Å². The van der Waals surface area contributed by atoms with Gasteiger partial charge in [0.15, 0.2) is 0 Å². The number of rotatable bonds is 16. The SMILES string of the molecule is COc1ccc(S(=O)(=O)N(C[C@@H](O)[C@H](Cc2ccccc2)NC(=O)[C@H](CC(N)=O)NC(=O)c2ccc3ccccc3n2)OC2CCOCC2)cc1. The summed E-state index contributed by atoms with van der Waals surface area (Å²) >= 11 is 0. The number of aliphatic hydroxyl groups excluding tert-OH is 1. The molecule has 5 rings (SSSR count). The third kappa shape index (κ3) is 10.1. The topological polar surface area (TPSA) is 199 Å². The molecule has 1 fully saturated rings. The fourth-order valence-corrected chi connectivity index (χ4v) is 6.86. The number of hydrogen-bond donors (Lipinski definition) is 4. The molecule has 1 saturated heterocycles. The minimum Gasteiger partial charge on any atom is -0.497 e. The number of methoxy groups -OCH3 is 1. The molecule has 0 spiro atoms. The number of nitrogens with one attached hydrogen (secondary N) is 2. The minimum atomic E-state index is -4.33. The number of nitrogens with two attached hydrogens (primary N) is 1. The zero-order valence-electron chi connectivity index (χ0n) is 28.0. The van der Waals surface area contributed by atoms with Gasteiger partial charge in [-0.15, -0.1) is 0 Å². The average molecular weight is 720 g/mol. The molecule has 270 valence electrons. The van der Waals surface area contributed by atoms with Gasteiger partial charge in [0.2, 0.25) is 11.8 Å². The van der Waals surface area contributed by atoms with Crippen LogP contribution in [0.25, 0.3) is 10.9 Å². The summed E-state index contributed by atoms with van der Waals surface area (Å²) in [5.74, 6) is -1.95. The molecular weight excluding hydrogens is 678 g/mol. The molecule has 1 aromatic heterocycles. The van der Waals surface area contributed by atoms with Gasteiger partial charge in [-0.3, -0.25) is 19.2 Å². The van der Waals surface area contributed by atoms with Gasteiger partial charge in [0.1, 0.15) is 17.5 Å². The second kappa shape index (κ2) is 17.3. The summed E-state index contributed by atoms with van der Waals surface area (Å²) in [5.41, 5.74) is 6.76. The van der Waals surface area contributed by atoms with Gasteiger partial charge in [0.25, 0.3) is 15.9 Å². The highest BCUT2D eigenvalue weighted by molar-refractivity contribution is 7.89. The first kappa shape index (κ1) is 37.3. The number of benzene rings is 3.